The summed E-state index contributed by atoms with van der Waals surface area (Å²) < 4.78 is 20.9. The summed E-state index contributed by atoms with van der Waals surface area (Å²) in [4.78, 5) is 4.21. The highest BCUT2D eigenvalue weighted by Crippen LogP contribution is 2.24. The van der Waals surface area contributed by atoms with Crippen LogP contribution >= 0.6 is 15.9 Å². The number of aromatic nitrogens is 2. The standard InChI is InChI=1S/C12H14BrFN2O2/c1-2-18-4-3-16-11-5-8(13)9(14)6-10(11)15-12(16)7-17/h5-6,17H,2-4,7H2,1H3. The van der Waals surface area contributed by atoms with Crippen molar-refractivity contribution in [2.75, 3.05) is 13.2 Å². The highest BCUT2D eigenvalue weighted by atomic mass is 79.9. The van der Waals surface area contributed by atoms with Crippen molar-refractivity contribution in [3.63, 3.8) is 0 Å². The first-order chi connectivity index (χ1) is 8.67. The molecular formula is C12H14BrFN2O2. The van der Waals surface area contributed by atoms with Gasteiger partial charge < -0.3 is 14.4 Å². The van der Waals surface area contributed by atoms with Crippen LogP contribution < -0.4 is 0 Å². The van der Waals surface area contributed by atoms with Crippen molar-refractivity contribution < 1.29 is 14.2 Å². The van der Waals surface area contributed by atoms with Crippen LogP contribution in [0.15, 0.2) is 16.6 Å². The highest BCUT2D eigenvalue weighted by molar-refractivity contribution is 9.10. The molecule has 0 radical (unpaired) electrons. The van der Waals surface area contributed by atoms with E-state index in [0.717, 1.165) is 5.52 Å². The van der Waals surface area contributed by atoms with E-state index in [1.807, 2.05) is 11.5 Å². The van der Waals surface area contributed by atoms with Gasteiger partial charge in [-0.25, -0.2) is 9.37 Å². The predicted octanol–water partition coefficient (Wildman–Crippen LogP) is 2.47. The Kier molecular flexibility index (Phi) is 4.31. The number of imidazole rings is 1. The van der Waals surface area contributed by atoms with Crippen LogP contribution in [0, 0.1) is 5.82 Å². The molecule has 2 aromatic rings. The largest absolute Gasteiger partial charge is 0.388 e. The molecule has 0 fully saturated rings. The molecule has 0 amide bonds. The molecule has 18 heavy (non-hydrogen) atoms. The molecule has 2 rings (SSSR count). The number of nitrogens with zero attached hydrogens (tertiary/aromatic N) is 2. The molecule has 1 aromatic carbocycles. The highest BCUT2D eigenvalue weighted by Gasteiger charge is 2.12. The van der Waals surface area contributed by atoms with Crippen molar-refractivity contribution >= 4 is 27.0 Å². The third-order valence-corrected chi connectivity index (χ3v) is 3.28. The smallest absolute Gasteiger partial charge is 0.139 e. The van der Waals surface area contributed by atoms with Crippen LogP contribution in [0.5, 0.6) is 0 Å². The molecule has 0 atom stereocenters. The summed E-state index contributed by atoms with van der Waals surface area (Å²) in [5, 5.41) is 9.28. The average molecular weight is 317 g/mol. The van der Waals surface area contributed by atoms with E-state index in [4.69, 9.17) is 4.74 Å². The van der Waals surface area contributed by atoms with Gasteiger partial charge in [-0.2, -0.15) is 0 Å². The molecule has 1 heterocycles. The van der Waals surface area contributed by atoms with E-state index in [1.54, 1.807) is 6.07 Å². The SMILES string of the molecule is CCOCCn1c(CO)nc2cc(F)c(Br)cc21. The molecule has 1 aromatic heterocycles. The van der Waals surface area contributed by atoms with Gasteiger partial charge in [-0.15, -0.1) is 0 Å². The van der Waals surface area contributed by atoms with Gasteiger partial charge in [0.05, 0.1) is 22.1 Å². The zero-order chi connectivity index (χ0) is 13.1. The van der Waals surface area contributed by atoms with Crippen LogP contribution in [0.3, 0.4) is 0 Å². The first-order valence-electron chi connectivity index (χ1n) is 5.70. The fraction of sp³-hybridized carbons (Fsp3) is 0.417. The zero-order valence-corrected chi connectivity index (χ0v) is 11.6. The van der Waals surface area contributed by atoms with Crippen LogP contribution in [-0.4, -0.2) is 27.9 Å². The summed E-state index contributed by atoms with van der Waals surface area (Å²) in [6, 6.07) is 3.03. The van der Waals surface area contributed by atoms with E-state index in [0.29, 0.717) is 35.6 Å². The lowest BCUT2D eigenvalue weighted by Crippen LogP contribution is -2.09. The Morgan fingerprint density at radius 1 is 1.50 bits per heavy atom. The number of hydrogen-bond acceptors (Lipinski definition) is 3. The van der Waals surface area contributed by atoms with Crippen LogP contribution in [-0.2, 0) is 17.9 Å². The van der Waals surface area contributed by atoms with Crippen LogP contribution in [0.1, 0.15) is 12.7 Å². The normalized spacial score (nSPS) is 11.3. The Balaban J connectivity index is 2.44. The minimum absolute atomic E-state index is 0.181. The summed E-state index contributed by atoms with van der Waals surface area (Å²) in [7, 11) is 0. The molecule has 1 N–H and O–H groups in total. The maximum absolute atomic E-state index is 13.4. The van der Waals surface area contributed by atoms with E-state index in [2.05, 4.69) is 20.9 Å². The Bertz CT molecular complexity index is 556. The van der Waals surface area contributed by atoms with E-state index in [-0.39, 0.29) is 12.4 Å². The molecule has 0 aliphatic carbocycles. The van der Waals surface area contributed by atoms with Crippen molar-refractivity contribution in [2.45, 2.75) is 20.1 Å². The second-order valence-corrected chi connectivity index (χ2v) is 4.64. The Hall–Kier alpha value is -0.980. The van der Waals surface area contributed by atoms with Crippen molar-refractivity contribution in [2.24, 2.45) is 0 Å². The van der Waals surface area contributed by atoms with E-state index in [1.165, 1.54) is 6.07 Å². The molecule has 0 bridgehead atoms. The van der Waals surface area contributed by atoms with Gasteiger partial charge in [0.2, 0.25) is 0 Å². The minimum Gasteiger partial charge on any atom is -0.388 e. The van der Waals surface area contributed by atoms with Crippen LogP contribution in [0.2, 0.25) is 0 Å². The fourth-order valence-corrected chi connectivity index (χ4v) is 2.17. The maximum Gasteiger partial charge on any atom is 0.139 e. The lowest BCUT2D eigenvalue weighted by atomic mass is 10.3. The number of halogens is 2. The van der Waals surface area contributed by atoms with Crippen LogP contribution in [0.4, 0.5) is 4.39 Å². The van der Waals surface area contributed by atoms with Crippen molar-refractivity contribution in [3.05, 3.63) is 28.2 Å². The minimum atomic E-state index is -0.360. The van der Waals surface area contributed by atoms with Gasteiger partial charge in [0.25, 0.3) is 0 Å². The van der Waals surface area contributed by atoms with E-state index >= 15 is 0 Å². The topological polar surface area (TPSA) is 47.3 Å². The number of ether oxygens (including phenoxy) is 1. The first-order valence-corrected chi connectivity index (χ1v) is 6.49. The molecule has 0 aliphatic heterocycles. The third-order valence-electron chi connectivity index (χ3n) is 2.67. The van der Waals surface area contributed by atoms with Gasteiger partial charge in [0.15, 0.2) is 0 Å². The summed E-state index contributed by atoms with van der Waals surface area (Å²) in [6.45, 7) is 3.49. The van der Waals surface area contributed by atoms with Gasteiger partial charge in [-0.05, 0) is 28.9 Å². The molecule has 0 saturated heterocycles. The van der Waals surface area contributed by atoms with Gasteiger partial charge in [0.1, 0.15) is 18.2 Å². The van der Waals surface area contributed by atoms with E-state index < -0.39 is 0 Å². The van der Waals surface area contributed by atoms with Gasteiger partial charge >= 0.3 is 0 Å². The van der Waals surface area contributed by atoms with E-state index in [9.17, 15) is 9.50 Å². The Morgan fingerprint density at radius 3 is 2.94 bits per heavy atom. The third kappa shape index (κ3) is 2.55. The van der Waals surface area contributed by atoms with Crippen LogP contribution in [0.25, 0.3) is 11.0 Å². The van der Waals surface area contributed by atoms with Crippen molar-refractivity contribution in [1.82, 2.24) is 9.55 Å². The molecule has 4 nitrogen and oxygen atoms in total. The number of aliphatic hydroxyl groups is 1. The summed E-state index contributed by atoms with van der Waals surface area (Å²) in [6.07, 6.45) is 0. The summed E-state index contributed by atoms with van der Waals surface area (Å²) >= 11 is 3.15. The lowest BCUT2D eigenvalue weighted by Gasteiger charge is -2.08. The fourth-order valence-electron chi connectivity index (χ4n) is 1.84. The quantitative estimate of drug-likeness (QED) is 0.862. The Labute approximate surface area is 113 Å². The number of aliphatic hydroxyl groups excluding tert-OH is 1. The molecular weight excluding hydrogens is 303 g/mol. The predicted molar refractivity (Wildman–Crippen MR) is 69.8 cm³/mol. The molecule has 98 valence electrons. The van der Waals surface area contributed by atoms with Gasteiger partial charge in [-0.3, -0.25) is 0 Å². The first kappa shape index (κ1) is 13.5. The summed E-state index contributed by atoms with van der Waals surface area (Å²) in [5.74, 6) is 0.156. The lowest BCUT2D eigenvalue weighted by molar-refractivity contribution is 0.137. The Morgan fingerprint density at radius 2 is 2.28 bits per heavy atom. The van der Waals surface area contributed by atoms with Crippen molar-refractivity contribution in [1.29, 1.82) is 0 Å². The average Bonchev–Trinajstić information content (AvgIpc) is 2.68. The molecule has 0 saturated carbocycles. The second kappa shape index (κ2) is 5.77. The number of rotatable bonds is 5. The second-order valence-electron chi connectivity index (χ2n) is 3.79. The monoisotopic (exact) mass is 316 g/mol. The maximum atomic E-state index is 13.4. The number of benzene rings is 1. The van der Waals surface area contributed by atoms with Crippen molar-refractivity contribution in [3.8, 4) is 0 Å². The number of hydrogen-bond donors (Lipinski definition) is 1. The molecule has 0 unspecified atom stereocenters. The molecule has 0 aliphatic rings. The molecule has 6 heteroatoms. The summed E-state index contributed by atoms with van der Waals surface area (Å²) in [5.41, 5.74) is 1.32. The van der Waals surface area contributed by atoms with Gasteiger partial charge in [-0.1, -0.05) is 0 Å². The zero-order valence-electron chi connectivity index (χ0n) is 9.99. The van der Waals surface area contributed by atoms with Gasteiger partial charge in [0, 0.05) is 19.2 Å². The molecule has 0 spiro atoms. The number of fused-ring (bicyclic) bond motifs is 1.